The highest BCUT2D eigenvalue weighted by atomic mass is 35.5. The molecule has 1 amide bonds. The Kier molecular flexibility index (Phi) is 6.30. The first-order chi connectivity index (χ1) is 14.2. The molecule has 0 saturated carbocycles. The molecule has 7 nitrogen and oxygen atoms in total. The van der Waals surface area contributed by atoms with Gasteiger partial charge in [-0.1, -0.05) is 23.7 Å². The van der Waals surface area contributed by atoms with E-state index in [0.717, 1.165) is 4.90 Å². The number of benzene rings is 2. The fraction of sp³-hybridized carbons (Fsp3) is 0.278. The Bertz CT molecular complexity index is 971. The molecule has 1 heterocycles. The number of ether oxygens (including phenoxy) is 1. The van der Waals surface area contributed by atoms with Gasteiger partial charge in [-0.25, -0.2) is 17.6 Å². The summed E-state index contributed by atoms with van der Waals surface area (Å²) in [6.07, 6.45) is 0. The number of amides is 1. The third-order valence-electron chi connectivity index (χ3n) is 4.55. The highest BCUT2D eigenvalue weighted by Crippen LogP contribution is 2.34. The summed E-state index contributed by atoms with van der Waals surface area (Å²) in [5, 5.41) is 9.70. The normalized spacial score (nSPS) is 14.0. The quantitative estimate of drug-likeness (QED) is 0.230. The summed E-state index contributed by atoms with van der Waals surface area (Å²) in [5.74, 6) is -7.20. The average Bonchev–Trinajstić information content (AvgIpc) is 2.75. The van der Waals surface area contributed by atoms with Crippen LogP contribution in [-0.4, -0.2) is 48.5 Å². The molecule has 2 aromatic carbocycles. The van der Waals surface area contributed by atoms with Crippen LogP contribution in [0.5, 0.6) is 5.75 Å². The maximum atomic E-state index is 14.1. The van der Waals surface area contributed by atoms with Crippen molar-refractivity contribution in [2.24, 2.45) is 0 Å². The van der Waals surface area contributed by atoms with Crippen molar-refractivity contribution in [2.75, 3.05) is 37.7 Å². The molecule has 1 aliphatic rings. The van der Waals surface area contributed by atoms with Gasteiger partial charge < -0.3 is 14.5 Å². The van der Waals surface area contributed by atoms with Crippen molar-refractivity contribution in [3.8, 4) is 5.75 Å². The summed E-state index contributed by atoms with van der Waals surface area (Å²) >= 11 is 5.22. The molecule has 0 aliphatic carbocycles. The first kappa shape index (κ1) is 21.6. The number of nitrogens with zero attached hydrogens (tertiary/aromatic N) is 3. The molecule has 0 N–H and O–H groups in total. The smallest absolute Gasteiger partial charge is 0.310 e. The van der Waals surface area contributed by atoms with Crippen molar-refractivity contribution < 1.29 is 32.0 Å². The predicted octanol–water partition coefficient (Wildman–Crippen LogP) is 3.53. The SMILES string of the molecule is O=C(COc1ccccc1[N+](=O)[O-])N1CCN(c2c(F)c(F)c(Cl)c(F)c2F)CC1. The van der Waals surface area contributed by atoms with Crippen LogP contribution in [0, 0.1) is 33.4 Å². The van der Waals surface area contributed by atoms with Gasteiger partial charge in [-0.3, -0.25) is 14.9 Å². The van der Waals surface area contributed by atoms with Gasteiger partial charge in [0.1, 0.15) is 10.7 Å². The Hall–Kier alpha value is -3.08. The van der Waals surface area contributed by atoms with E-state index < -0.39 is 51.4 Å². The number of halogens is 5. The summed E-state index contributed by atoms with van der Waals surface area (Å²) in [6.45, 7) is -0.720. The highest BCUT2D eigenvalue weighted by Gasteiger charge is 2.31. The predicted molar refractivity (Wildman–Crippen MR) is 98.7 cm³/mol. The van der Waals surface area contributed by atoms with Crippen molar-refractivity contribution in [3.05, 3.63) is 62.7 Å². The van der Waals surface area contributed by atoms with Gasteiger partial charge in [0.25, 0.3) is 5.91 Å². The van der Waals surface area contributed by atoms with Gasteiger partial charge in [-0.2, -0.15) is 0 Å². The molecular weight excluding hydrogens is 434 g/mol. The first-order valence-electron chi connectivity index (χ1n) is 8.62. The van der Waals surface area contributed by atoms with E-state index in [0.29, 0.717) is 0 Å². The molecular formula is C18H14ClF4N3O4. The van der Waals surface area contributed by atoms with Crippen molar-refractivity contribution >= 4 is 28.9 Å². The zero-order valence-corrected chi connectivity index (χ0v) is 16.0. The molecule has 30 heavy (non-hydrogen) atoms. The van der Waals surface area contributed by atoms with Crippen LogP contribution in [0.1, 0.15) is 0 Å². The summed E-state index contributed by atoms with van der Waals surface area (Å²) in [4.78, 5) is 25.0. The van der Waals surface area contributed by atoms with E-state index in [4.69, 9.17) is 16.3 Å². The van der Waals surface area contributed by atoms with Crippen LogP contribution in [0.2, 0.25) is 5.02 Å². The summed E-state index contributed by atoms with van der Waals surface area (Å²) < 4.78 is 60.8. The second-order valence-corrected chi connectivity index (χ2v) is 6.68. The first-order valence-corrected chi connectivity index (χ1v) is 9.00. The third-order valence-corrected chi connectivity index (χ3v) is 4.88. The summed E-state index contributed by atoms with van der Waals surface area (Å²) in [5.41, 5.74) is -1.19. The molecule has 0 unspecified atom stereocenters. The number of para-hydroxylation sites is 2. The Morgan fingerprint density at radius 1 is 1.03 bits per heavy atom. The topological polar surface area (TPSA) is 75.9 Å². The van der Waals surface area contributed by atoms with Crippen LogP contribution in [-0.2, 0) is 4.79 Å². The zero-order chi connectivity index (χ0) is 22.0. The van der Waals surface area contributed by atoms with Gasteiger partial charge in [0.2, 0.25) is 0 Å². The van der Waals surface area contributed by atoms with Crippen molar-refractivity contribution in [2.45, 2.75) is 0 Å². The fourth-order valence-corrected chi connectivity index (χ4v) is 3.18. The van der Waals surface area contributed by atoms with Crippen LogP contribution in [0.15, 0.2) is 24.3 Å². The number of nitro groups is 1. The number of rotatable bonds is 5. The van der Waals surface area contributed by atoms with Crippen LogP contribution >= 0.6 is 11.6 Å². The number of anilines is 1. The fourth-order valence-electron chi connectivity index (χ4n) is 3.01. The number of piperazine rings is 1. The second-order valence-electron chi connectivity index (χ2n) is 6.30. The molecule has 0 aromatic heterocycles. The van der Waals surface area contributed by atoms with Crippen LogP contribution in [0.3, 0.4) is 0 Å². The largest absolute Gasteiger partial charge is 0.477 e. The van der Waals surface area contributed by atoms with Crippen molar-refractivity contribution in [1.29, 1.82) is 0 Å². The molecule has 0 atom stereocenters. The van der Waals surface area contributed by atoms with E-state index in [1.165, 1.54) is 29.2 Å². The molecule has 0 spiro atoms. The Labute approximate surface area is 172 Å². The lowest BCUT2D eigenvalue weighted by molar-refractivity contribution is -0.385. The van der Waals surface area contributed by atoms with Crippen molar-refractivity contribution in [1.82, 2.24) is 4.90 Å². The minimum absolute atomic E-state index is 0.0101. The van der Waals surface area contributed by atoms with Gasteiger partial charge in [-0.05, 0) is 6.07 Å². The maximum absolute atomic E-state index is 14.1. The summed E-state index contributed by atoms with van der Waals surface area (Å²) in [7, 11) is 0. The second kappa shape index (κ2) is 8.74. The number of hydrogen-bond acceptors (Lipinski definition) is 5. The number of carbonyl (C=O) groups excluding carboxylic acids is 1. The molecule has 160 valence electrons. The molecule has 2 aromatic rings. The lowest BCUT2D eigenvalue weighted by Crippen LogP contribution is -2.50. The Morgan fingerprint density at radius 2 is 1.60 bits per heavy atom. The van der Waals surface area contributed by atoms with E-state index in [1.807, 2.05) is 0 Å². The van der Waals surface area contributed by atoms with Gasteiger partial charge in [-0.15, -0.1) is 0 Å². The van der Waals surface area contributed by atoms with Gasteiger partial charge in [0.15, 0.2) is 35.6 Å². The van der Waals surface area contributed by atoms with Crippen LogP contribution < -0.4 is 9.64 Å². The number of nitro benzene ring substituents is 1. The molecule has 0 bridgehead atoms. The highest BCUT2D eigenvalue weighted by molar-refractivity contribution is 6.31. The number of hydrogen-bond donors (Lipinski definition) is 0. The van der Waals surface area contributed by atoms with Crippen LogP contribution in [0.25, 0.3) is 0 Å². The molecule has 0 radical (unpaired) electrons. The van der Waals surface area contributed by atoms with E-state index in [-0.39, 0.29) is 37.6 Å². The van der Waals surface area contributed by atoms with E-state index in [9.17, 15) is 32.5 Å². The Balaban J connectivity index is 1.64. The Morgan fingerprint density at radius 3 is 2.17 bits per heavy atom. The zero-order valence-electron chi connectivity index (χ0n) is 15.2. The molecule has 12 heteroatoms. The molecule has 1 fully saturated rings. The molecule has 3 rings (SSSR count). The van der Waals surface area contributed by atoms with Gasteiger partial charge in [0.05, 0.1) is 4.92 Å². The third kappa shape index (κ3) is 4.11. The van der Waals surface area contributed by atoms with E-state index in [1.54, 1.807) is 0 Å². The van der Waals surface area contributed by atoms with Crippen molar-refractivity contribution in [3.63, 3.8) is 0 Å². The molecule has 1 aliphatic heterocycles. The standard InChI is InChI=1S/C18H14ClF4N3O4/c19-13-14(20)16(22)18(17(23)15(13)21)25-7-5-24(6-8-25)12(27)9-30-11-4-2-1-3-10(11)26(28)29/h1-4H,5-9H2. The lowest BCUT2D eigenvalue weighted by Gasteiger charge is -2.36. The maximum Gasteiger partial charge on any atom is 0.310 e. The van der Waals surface area contributed by atoms with E-state index >= 15 is 0 Å². The minimum Gasteiger partial charge on any atom is -0.477 e. The molecule has 1 saturated heterocycles. The lowest BCUT2D eigenvalue weighted by atomic mass is 10.2. The van der Waals surface area contributed by atoms with Crippen LogP contribution in [0.4, 0.5) is 28.9 Å². The van der Waals surface area contributed by atoms with Gasteiger partial charge >= 0.3 is 5.69 Å². The van der Waals surface area contributed by atoms with E-state index in [2.05, 4.69) is 0 Å². The monoisotopic (exact) mass is 447 g/mol. The number of carbonyl (C=O) groups is 1. The van der Waals surface area contributed by atoms with Gasteiger partial charge in [0, 0.05) is 32.2 Å². The minimum atomic E-state index is -1.69. The summed E-state index contributed by atoms with van der Waals surface area (Å²) in [6, 6.07) is 5.54. The average molecular weight is 448 g/mol.